The zero-order valence-electron chi connectivity index (χ0n) is 8.50. The molecule has 74 valence electrons. The summed E-state index contributed by atoms with van der Waals surface area (Å²) in [7, 11) is 0. The van der Waals surface area contributed by atoms with Crippen LogP contribution in [0, 0.1) is 17.3 Å². The Morgan fingerprint density at radius 3 is 2.77 bits per heavy atom. The zero-order valence-corrected chi connectivity index (χ0v) is 8.50. The maximum Gasteiger partial charge on any atom is 0.0493 e. The van der Waals surface area contributed by atoms with Crippen LogP contribution in [0.3, 0.4) is 0 Å². The van der Waals surface area contributed by atoms with E-state index in [-0.39, 0.29) is 5.41 Å². The molecule has 0 saturated heterocycles. The number of aliphatic hydroxyl groups is 1. The van der Waals surface area contributed by atoms with E-state index >= 15 is 0 Å². The van der Waals surface area contributed by atoms with Crippen LogP contribution in [0.4, 0.5) is 0 Å². The van der Waals surface area contributed by atoms with Gasteiger partial charge in [-0.3, -0.25) is 0 Å². The summed E-state index contributed by atoms with van der Waals surface area (Å²) in [5, 5.41) is 9.53. The lowest BCUT2D eigenvalue weighted by Gasteiger charge is -2.33. The highest BCUT2D eigenvalue weighted by atomic mass is 16.3. The zero-order chi connectivity index (χ0) is 9.31. The van der Waals surface area contributed by atoms with E-state index in [1.54, 1.807) is 0 Å². The molecule has 0 spiro atoms. The molecule has 13 heavy (non-hydrogen) atoms. The van der Waals surface area contributed by atoms with Crippen molar-refractivity contribution in [1.29, 1.82) is 0 Å². The fourth-order valence-electron chi connectivity index (χ4n) is 3.13. The predicted molar refractivity (Wildman–Crippen MR) is 54.4 cm³/mol. The normalized spacial score (nSPS) is 41.7. The minimum absolute atomic E-state index is 0.273. The largest absolute Gasteiger partial charge is 0.396 e. The van der Waals surface area contributed by atoms with Gasteiger partial charge in [-0.2, -0.15) is 0 Å². The monoisotopic (exact) mass is 180 g/mol. The van der Waals surface area contributed by atoms with E-state index in [1.165, 1.54) is 32.1 Å². The molecule has 0 aliphatic heterocycles. The van der Waals surface area contributed by atoms with Gasteiger partial charge in [0.2, 0.25) is 0 Å². The lowest BCUT2D eigenvalue weighted by molar-refractivity contribution is 0.0856. The van der Waals surface area contributed by atoms with Gasteiger partial charge in [-0.25, -0.2) is 0 Å². The maximum atomic E-state index is 9.53. The molecule has 0 heterocycles. The first-order chi connectivity index (χ1) is 6.30. The minimum Gasteiger partial charge on any atom is -0.396 e. The minimum atomic E-state index is 0.273. The number of aliphatic hydroxyl groups excluding tert-OH is 1. The molecule has 1 nitrogen and oxygen atoms in total. The molecule has 0 aromatic rings. The molecule has 2 bridgehead atoms. The molecule has 0 radical (unpaired) electrons. The summed E-state index contributed by atoms with van der Waals surface area (Å²) in [4.78, 5) is 0. The maximum absolute atomic E-state index is 9.53. The molecule has 1 saturated carbocycles. The van der Waals surface area contributed by atoms with Gasteiger partial charge in [0.05, 0.1) is 0 Å². The average Bonchev–Trinajstić information content (AvgIpc) is 2.74. The van der Waals surface area contributed by atoms with Crippen LogP contribution < -0.4 is 0 Å². The van der Waals surface area contributed by atoms with Gasteiger partial charge in [-0.15, -0.1) is 0 Å². The number of rotatable bonds is 4. The van der Waals surface area contributed by atoms with Crippen molar-refractivity contribution in [1.82, 2.24) is 0 Å². The summed E-state index contributed by atoms with van der Waals surface area (Å²) in [6.07, 6.45) is 11.0. The molecule has 1 N–H and O–H groups in total. The molecule has 3 atom stereocenters. The van der Waals surface area contributed by atoms with E-state index in [1.807, 2.05) is 0 Å². The molecule has 0 aromatic heterocycles. The van der Waals surface area contributed by atoms with Crippen LogP contribution in [-0.4, -0.2) is 11.7 Å². The first-order valence-corrected chi connectivity index (χ1v) is 5.60. The Hall–Kier alpha value is -0.300. The van der Waals surface area contributed by atoms with Crippen LogP contribution in [-0.2, 0) is 0 Å². The van der Waals surface area contributed by atoms with Gasteiger partial charge < -0.3 is 5.11 Å². The fourth-order valence-corrected chi connectivity index (χ4v) is 3.13. The Morgan fingerprint density at radius 1 is 1.46 bits per heavy atom. The molecular formula is C12H20O. The van der Waals surface area contributed by atoms with Gasteiger partial charge in [-0.1, -0.05) is 31.9 Å². The summed E-state index contributed by atoms with van der Waals surface area (Å²) in [6.45, 7) is 2.63. The van der Waals surface area contributed by atoms with Crippen LogP contribution >= 0.6 is 0 Å². The number of unbranched alkanes of at least 4 members (excludes halogenated alkanes) is 1. The van der Waals surface area contributed by atoms with Crippen LogP contribution in [0.5, 0.6) is 0 Å². The Morgan fingerprint density at radius 2 is 2.31 bits per heavy atom. The molecule has 0 amide bonds. The van der Waals surface area contributed by atoms with Gasteiger partial charge in [0.15, 0.2) is 0 Å². The molecule has 2 aliphatic carbocycles. The van der Waals surface area contributed by atoms with Gasteiger partial charge in [-0.05, 0) is 31.1 Å². The summed E-state index contributed by atoms with van der Waals surface area (Å²) in [6, 6.07) is 0. The van der Waals surface area contributed by atoms with E-state index in [0.717, 1.165) is 5.92 Å². The molecule has 1 heteroatoms. The smallest absolute Gasteiger partial charge is 0.0493 e. The Bertz CT molecular complexity index is 209. The van der Waals surface area contributed by atoms with Crippen LogP contribution in [0.25, 0.3) is 0 Å². The van der Waals surface area contributed by atoms with Crippen LogP contribution in [0.2, 0.25) is 0 Å². The van der Waals surface area contributed by atoms with Crippen LogP contribution in [0.1, 0.15) is 39.0 Å². The van der Waals surface area contributed by atoms with E-state index in [4.69, 9.17) is 0 Å². The van der Waals surface area contributed by atoms with E-state index in [9.17, 15) is 5.11 Å². The third-order valence-electron chi connectivity index (χ3n) is 3.97. The van der Waals surface area contributed by atoms with E-state index in [0.29, 0.717) is 12.5 Å². The summed E-state index contributed by atoms with van der Waals surface area (Å²) in [5.74, 6) is 1.48. The molecule has 2 aliphatic rings. The predicted octanol–water partition coefficient (Wildman–Crippen LogP) is 2.75. The average molecular weight is 180 g/mol. The second-order valence-electron chi connectivity index (χ2n) is 4.82. The number of allylic oxidation sites excluding steroid dienone is 2. The fraction of sp³-hybridized carbons (Fsp3) is 0.833. The Kier molecular flexibility index (Phi) is 2.46. The molecular weight excluding hydrogens is 160 g/mol. The lowest BCUT2D eigenvalue weighted by atomic mass is 9.73. The van der Waals surface area contributed by atoms with Crippen molar-refractivity contribution >= 4 is 0 Å². The van der Waals surface area contributed by atoms with Crippen molar-refractivity contribution in [2.24, 2.45) is 17.3 Å². The van der Waals surface area contributed by atoms with Gasteiger partial charge in [0, 0.05) is 12.0 Å². The van der Waals surface area contributed by atoms with Gasteiger partial charge >= 0.3 is 0 Å². The van der Waals surface area contributed by atoms with Crippen molar-refractivity contribution in [2.75, 3.05) is 6.61 Å². The van der Waals surface area contributed by atoms with Crippen molar-refractivity contribution < 1.29 is 5.11 Å². The highest BCUT2D eigenvalue weighted by Crippen LogP contribution is 2.54. The quantitative estimate of drug-likeness (QED) is 0.659. The lowest BCUT2D eigenvalue weighted by Crippen LogP contribution is -2.30. The molecule has 2 rings (SSSR count). The summed E-state index contributed by atoms with van der Waals surface area (Å²) < 4.78 is 0. The molecule has 3 unspecified atom stereocenters. The van der Waals surface area contributed by atoms with Crippen molar-refractivity contribution in [3.8, 4) is 0 Å². The Labute approximate surface area is 80.8 Å². The highest BCUT2D eigenvalue weighted by Gasteiger charge is 2.47. The number of hydrogen-bond donors (Lipinski definition) is 1. The van der Waals surface area contributed by atoms with Crippen molar-refractivity contribution in [3.63, 3.8) is 0 Å². The second-order valence-corrected chi connectivity index (χ2v) is 4.82. The topological polar surface area (TPSA) is 20.2 Å². The molecule has 0 aromatic carbocycles. The Balaban J connectivity index is 2.04. The third kappa shape index (κ3) is 1.43. The highest BCUT2D eigenvalue weighted by molar-refractivity contribution is 5.15. The van der Waals surface area contributed by atoms with E-state index in [2.05, 4.69) is 19.1 Å². The van der Waals surface area contributed by atoms with Gasteiger partial charge in [0.25, 0.3) is 0 Å². The molecule has 1 fully saturated rings. The second kappa shape index (κ2) is 3.45. The van der Waals surface area contributed by atoms with E-state index < -0.39 is 0 Å². The number of fused-ring (bicyclic) bond motifs is 2. The standard InChI is InChI=1S/C12H20O/c1-2-3-6-12(9-13)8-10-4-5-11(12)7-10/h4-5,10-11,13H,2-3,6-9H2,1H3. The van der Waals surface area contributed by atoms with Crippen molar-refractivity contribution in [2.45, 2.75) is 39.0 Å². The van der Waals surface area contributed by atoms with Gasteiger partial charge in [0.1, 0.15) is 0 Å². The first kappa shape index (κ1) is 9.26. The first-order valence-electron chi connectivity index (χ1n) is 5.60. The summed E-state index contributed by atoms with van der Waals surface area (Å²) >= 11 is 0. The van der Waals surface area contributed by atoms with Crippen molar-refractivity contribution in [3.05, 3.63) is 12.2 Å². The number of hydrogen-bond acceptors (Lipinski definition) is 1. The van der Waals surface area contributed by atoms with Crippen LogP contribution in [0.15, 0.2) is 12.2 Å². The third-order valence-corrected chi connectivity index (χ3v) is 3.97. The SMILES string of the molecule is CCCCC1(CO)CC2C=CC1C2. The summed E-state index contributed by atoms with van der Waals surface area (Å²) in [5.41, 5.74) is 0.273.